The molecule has 3 fully saturated rings. The first-order chi connectivity index (χ1) is 15.0. The van der Waals surface area contributed by atoms with E-state index in [1.807, 2.05) is 19.3 Å². The number of likely N-dealkylation sites (tertiary alicyclic amines) is 1. The van der Waals surface area contributed by atoms with Crippen LogP contribution in [0.1, 0.15) is 43.7 Å². The molecule has 1 amide bonds. The summed E-state index contributed by atoms with van der Waals surface area (Å²) in [7, 11) is 2.04. The molecule has 3 heterocycles. The Labute approximate surface area is 185 Å². The smallest absolute Gasteiger partial charge is 0.237 e. The predicted octanol–water partition coefficient (Wildman–Crippen LogP) is 3.26. The van der Waals surface area contributed by atoms with Gasteiger partial charge in [0.05, 0.1) is 6.54 Å². The van der Waals surface area contributed by atoms with Crippen LogP contribution in [0.4, 0.5) is 0 Å². The van der Waals surface area contributed by atoms with Crippen LogP contribution in [-0.2, 0) is 17.8 Å². The van der Waals surface area contributed by atoms with Crippen molar-refractivity contribution in [3.05, 3.63) is 66.0 Å². The summed E-state index contributed by atoms with van der Waals surface area (Å²) >= 11 is 0. The number of hydrogen-bond acceptors (Lipinski definition) is 4. The molecule has 0 spiro atoms. The van der Waals surface area contributed by atoms with Crippen molar-refractivity contribution in [1.29, 1.82) is 0 Å². The van der Waals surface area contributed by atoms with E-state index >= 15 is 0 Å². The van der Waals surface area contributed by atoms with Crippen LogP contribution >= 0.6 is 0 Å². The Hall–Kier alpha value is -2.24. The molecule has 2 aliphatic heterocycles. The molecular formula is C26H34N4O. The monoisotopic (exact) mass is 418 g/mol. The van der Waals surface area contributed by atoms with Crippen molar-refractivity contribution in [2.24, 2.45) is 5.41 Å². The number of amides is 1. The van der Waals surface area contributed by atoms with Crippen molar-refractivity contribution in [2.45, 2.75) is 69.7 Å². The van der Waals surface area contributed by atoms with E-state index in [-0.39, 0.29) is 17.4 Å². The highest BCUT2D eigenvalue weighted by Gasteiger charge is 2.60. The molecule has 0 radical (unpaired) electrons. The Morgan fingerprint density at radius 2 is 2.00 bits per heavy atom. The Morgan fingerprint density at radius 3 is 2.77 bits per heavy atom. The summed E-state index contributed by atoms with van der Waals surface area (Å²) < 4.78 is 0. The standard InChI is InChI=1S/C26H34N4O/c1-26-15-22-21(14-19-8-4-3-5-9-19)28-23(26)11-6-12-24(26)30(22)25(31)18-29(2)17-20-10-7-13-27-16-20/h3-5,7-10,13,16,21-24,28H,6,11-12,14-15,17-18H2,1-2H3/t21-,22-,23+,24-,26+/m0/s1. The summed E-state index contributed by atoms with van der Waals surface area (Å²) in [5.41, 5.74) is 2.70. The first-order valence-corrected chi connectivity index (χ1v) is 11.7. The van der Waals surface area contributed by atoms with Crippen LogP contribution in [0.3, 0.4) is 0 Å². The zero-order valence-corrected chi connectivity index (χ0v) is 18.7. The third kappa shape index (κ3) is 3.90. The lowest BCUT2D eigenvalue weighted by atomic mass is 9.65. The molecule has 1 saturated carbocycles. The normalized spacial score (nSPS) is 31.8. The first-order valence-electron chi connectivity index (χ1n) is 11.7. The molecule has 1 aliphatic carbocycles. The van der Waals surface area contributed by atoms with E-state index in [0.717, 1.165) is 31.4 Å². The fourth-order valence-electron chi connectivity index (χ4n) is 6.50. The van der Waals surface area contributed by atoms with Crippen LogP contribution < -0.4 is 5.32 Å². The quantitative estimate of drug-likeness (QED) is 0.782. The number of rotatable bonds is 6. The third-order valence-corrected chi connectivity index (χ3v) is 7.92. The lowest BCUT2D eigenvalue weighted by molar-refractivity contribution is -0.136. The summed E-state index contributed by atoms with van der Waals surface area (Å²) in [6, 6.07) is 16.3. The van der Waals surface area contributed by atoms with Gasteiger partial charge in [-0.2, -0.15) is 0 Å². The van der Waals surface area contributed by atoms with Gasteiger partial charge in [0, 0.05) is 48.5 Å². The minimum atomic E-state index is 0.202. The predicted molar refractivity (Wildman–Crippen MR) is 122 cm³/mol. The second kappa shape index (κ2) is 8.36. The zero-order valence-electron chi connectivity index (χ0n) is 18.7. The highest BCUT2D eigenvalue weighted by molar-refractivity contribution is 5.80. The molecule has 1 aromatic carbocycles. The van der Waals surface area contributed by atoms with Gasteiger partial charge in [-0.05, 0) is 56.3 Å². The van der Waals surface area contributed by atoms with Gasteiger partial charge in [0.25, 0.3) is 0 Å². The summed E-state index contributed by atoms with van der Waals surface area (Å²) in [6.45, 7) is 3.63. The molecule has 1 N–H and O–H groups in total. The van der Waals surface area contributed by atoms with E-state index in [1.54, 1.807) is 6.20 Å². The fraction of sp³-hybridized carbons (Fsp3) is 0.538. The lowest BCUT2D eigenvalue weighted by Gasteiger charge is -2.46. The Morgan fingerprint density at radius 1 is 1.19 bits per heavy atom. The second-order valence-corrected chi connectivity index (χ2v) is 10.1. The number of hydrogen-bond donors (Lipinski definition) is 1. The van der Waals surface area contributed by atoms with Crippen LogP contribution in [0, 0.1) is 5.41 Å². The first kappa shape index (κ1) is 20.7. The number of carbonyl (C=O) groups excluding carboxylic acids is 1. The van der Waals surface area contributed by atoms with Crippen molar-refractivity contribution in [1.82, 2.24) is 20.1 Å². The van der Waals surface area contributed by atoms with Crippen molar-refractivity contribution in [3.8, 4) is 0 Å². The van der Waals surface area contributed by atoms with Crippen LogP contribution in [0.2, 0.25) is 0 Å². The summed E-state index contributed by atoms with van der Waals surface area (Å²) in [5.74, 6) is 0.285. The molecule has 31 heavy (non-hydrogen) atoms. The summed E-state index contributed by atoms with van der Waals surface area (Å²) in [4.78, 5) is 22.3. The van der Waals surface area contributed by atoms with Gasteiger partial charge < -0.3 is 10.2 Å². The molecule has 2 aromatic rings. The molecule has 2 bridgehead atoms. The van der Waals surface area contributed by atoms with Crippen LogP contribution in [0.5, 0.6) is 0 Å². The zero-order chi connectivity index (χ0) is 21.4. The number of piperidine rings is 1. The average Bonchev–Trinajstić information content (AvgIpc) is 3.08. The molecule has 2 saturated heterocycles. The molecule has 5 heteroatoms. The van der Waals surface area contributed by atoms with E-state index in [0.29, 0.717) is 24.7 Å². The number of pyridine rings is 1. The Kier molecular flexibility index (Phi) is 5.57. The Balaban J connectivity index is 1.35. The largest absolute Gasteiger partial charge is 0.333 e. The highest BCUT2D eigenvalue weighted by Crippen LogP contribution is 2.53. The van der Waals surface area contributed by atoms with Crippen molar-refractivity contribution in [2.75, 3.05) is 13.6 Å². The summed E-state index contributed by atoms with van der Waals surface area (Å²) in [6.07, 6.45) is 9.37. The second-order valence-electron chi connectivity index (χ2n) is 10.1. The lowest BCUT2D eigenvalue weighted by Crippen LogP contribution is -2.58. The average molecular weight is 419 g/mol. The van der Waals surface area contributed by atoms with Gasteiger partial charge in [-0.15, -0.1) is 0 Å². The van der Waals surface area contributed by atoms with Gasteiger partial charge >= 0.3 is 0 Å². The van der Waals surface area contributed by atoms with E-state index < -0.39 is 0 Å². The third-order valence-electron chi connectivity index (χ3n) is 7.92. The van der Waals surface area contributed by atoms with Crippen molar-refractivity contribution in [3.63, 3.8) is 0 Å². The van der Waals surface area contributed by atoms with Gasteiger partial charge in [-0.3, -0.25) is 14.7 Å². The minimum absolute atomic E-state index is 0.202. The fourth-order valence-corrected chi connectivity index (χ4v) is 6.50. The highest BCUT2D eigenvalue weighted by atomic mass is 16.2. The number of nitrogens with zero attached hydrogens (tertiary/aromatic N) is 3. The molecule has 1 aromatic heterocycles. The van der Waals surface area contributed by atoms with Crippen molar-refractivity contribution >= 4 is 5.91 Å². The van der Waals surface area contributed by atoms with Gasteiger partial charge in [0.15, 0.2) is 0 Å². The van der Waals surface area contributed by atoms with Crippen molar-refractivity contribution < 1.29 is 4.79 Å². The van der Waals surface area contributed by atoms with Gasteiger partial charge in [0.2, 0.25) is 5.91 Å². The number of likely N-dealkylation sites (N-methyl/N-ethyl adjacent to an activating group) is 1. The van der Waals surface area contributed by atoms with E-state index in [4.69, 9.17) is 0 Å². The molecule has 5 nitrogen and oxygen atoms in total. The van der Waals surface area contributed by atoms with Crippen LogP contribution in [0.15, 0.2) is 54.9 Å². The Bertz CT molecular complexity index is 904. The maximum atomic E-state index is 13.7. The molecule has 5 atom stereocenters. The number of nitrogens with one attached hydrogen (secondary N) is 1. The van der Waals surface area contributed by atoms with Crippen LogP contribution in [0.25, 0.3) is 0 Å². The van der Waals surface area contributed by atoms with E-state index in [9.17, 15) is 4.79 Å². The van der Waals surface area contributed by atoms with Gasteiger partial charge in [0.1, 0.15) is 0 Å². The number of benzene rings is 1. The van der Waals surface area contributed by atoms with E-state index in [1.165, 1.54) is 18.4 Å². The molecular weight excluding hydrogens is 384 g/mol. The molecule has 3 aliphatic rings. The SMILES string of the molecule is CN(CC(=O)N1[C@H]2CCC[C@H]3N[C@@H](Cc4ccccc4)[C@@H]1C[C@@]23C)Cc1cccnc1. The molecule has 0 unspecified atom stereocenters. The maximum absolute atomic E-state index is 13.7. The van der Waals surface area contributed by atoms with Crippen LogP contribution in [-0.4, -0.2) is 58.5 Å². The molecule has 5 rings (SSSR count). The minimum Gasteiger partial charge on any atom is -0.333 e. The number of aromatic nitrogens is 1. The van der Waals surface area contributed by atoms with E-state index in [2.05, 4.69) is 63.4 Å². The number of fused-ring (bicyclic) bond motifs is 1. The summed E-state index contributed by atoms with van der Waals surface area (Å²) in [5, 5.41) is 4.00. The maximum Gasteiger partial charge on any atom is 0.237 e. The van der Waals surface area contributed by atoms with Gasteiger partial charge in [-0.1, -0.05) is 43.3 Å². The topological polar surface area (TPSA) is 48.5 Å². The molecule has 164 valence electrons. The number of carbonyl (C=O) groups is 1. The van der Waals surface area contributed by atoms with Gasteiger partial charge in [-0.25, -0.2) is 0 Å².